The number of urea groups is 1. The number of ether oxygens (including phenoxy) is 1. The highest BCUT2D eigenvalue weighted by Gasteiger charge is 2.35. The number of amides is 2. The van der Waals surface area contributed by atoms with Gasteiger partial charge in [-0.05, 0) is 30.2 Å². The lowest BCUT2D eigenvalue weighted by Crippen LogP contribution is -2.42. The van der Waals surface area contributed by atoms with Crippen molar-refractivity contribution in [3.63, 3.8) is 0 Å². The molecular formula is C31H34N8O3. The molecule has 0 unspecified atom stereocenters. The molecule has 0 saturated carbocycles. The molecule has 3 aromatic heterocycles. The first-order valence-electron chi connectivity index (χ1n) is 13.9. The molecule has 1 aliphatic heterocycles. The normalized spacial score (nSPS) is 17.0. The number of nitrogens with one attached hydrogen (secondary N) is 2. The third-order valence-electron chi connectivity index (χ3n) is 7.74. The molecule has 216 valence electrons. The molecule has 0 radical (unpaired) electrons. The molecule has 2 amide bonds. The summed E-state index contributed by atoms with van der Waals surface area (Å²) in [5, 5.41) is 19.4. The van der Waals surface area contributed by atoms with E-state index >= 15 is 0 Å². The topological polar surface area (TPSA) is 115 Å². The fourth-order valence-electron chi connectivity index (χ4n) is 5.60. The lowest BCUT2D eigenvalue weighted by molar-refractivity contribution is 0.159. The van der Waals surface area contributed by atoms with Gasteiger partial charge in [0, 0.05) is 62.6 Å². The van der Waals surface area contributed by atoms with E-state index in [1.807, 2.05) is 62.6 Å². The Morgan fingerprint density at radius 2 is 1.93 bits per heavy atom. The van der Waals surface area contributed by atoms with E-state index < -0.39 is 0 Å². The van der Waals surface area contributed by atoms with Crippen LogP contribution in [0.4, 0.5) is 10.6 Å². The van der Waals surface area contributed by atoms with E-state index in [4.69, 9.17) is 14.4 Å². The van der Waals surface area contributed by atoms with E-state index in [1.54, 1.807) is 35.1 Å². The summed E-state index contributed by atoms with van der Waals surface area (Å²) in [7, 11) is 3.58. The molecule has 2 atom stereocenters. The number of anilines is 1. The van der Waals surface area contributed by atoms with Crippen LogP contribution in [-0.2, 0) is 11.8 Å². The molecule has 0 bridgehead atoms. The summed E-state index contributed by atoms with van der Waals surface area (Å²) in [4.78, 5) is 16.0. The van der Waals surface area contributed by atoms with Gasteiger partial charge < -0.3 is 14.6 Å². The van der Waals surface area contributed by atoms with Crippen LogP contribution in [0.2, 0.25) is 0 Å². The van der Waals surface area contributed by atoms with Crippen molar-refractivity contribution in [2.75, 3.05) is 38.7 Å². The second-order valence-corrected chi connectivity index (χ2v) is 10.6. The number of carbonyl (C=O) groups is 1. The summed E-state index contributed by atoms with van der Waals surface area (Å²) in [6, 6.07) is 17.7. The summed E-state index contributed by atoms with van der Waals surface area (Å²) < 4.78 is 13.9. The van der Waals surface area contributed by atoms with Crippen molar-refractivity contribution in [1.29, 1.82) is 0 Å². The van der Waals surface area contributed by atoms with Gasteiger partial charge in [0.15, 0.2) is 0 Å². The summed E-state index contributed by atoms with van der Waals surface area (Å²) in [5.74, 6) is 0.691. The monoisotopic (exact) mass is 566 g/mol. The van der Waals surface area contributed by atoms with Crippen molar-refractivity contribution in [1.82, 2.24) is 34.9 Å². The minimum atomic E-state index is -0.285. The van der Waals surface area contributed by atoms with Crippen molar-refractivity contribution in [3.05, 3.63) is 90.6 Å². The molecule has 1 aliphatic rings. The number of aromatic nitrogens is 5. The van der Waals surface area contributed by atoms with E-state index in [0.29, 0.717) is 19.0 Å². The van der Waals surface area contributed by atoms with Crippen molar-refractivity contribution in [3.8, 4) is 28.1 Å². The maximum atomic E-state index is 13.7. The molecule has 0 spiro atoms. The van der Waals surface area contributed by atoms with Crippen LogP contribution >= 0.6 is 0 Å². The van der Waals surface area contributed by atoms with Gasteiger partial charge in [0.2, 0.25) is 0 Å². The van der Waals surface area contributed by atoms with Crippen molar-refractivity contribution in [2.24, 2.45) is 7.05 Å². The first kappa shape index (κ1) is 27.4. The second-order valence-electron chi connectivity index (χ2n) is 10.6. The third-order valence-corrected chi connectivity index (χ3v) is 7.74. The number of hydrogen-bond acceptors (Lipinski definition) is 7. The van der Waals surface area contributed by atoms with E-state index in [9.17, 15) is 4.79 Å². The maximum absolute atomic E-state index is 13.7. The van der Waals surface area contributed by atoms with Gasteiger partial charge in [-0.25, -0.2) is 9.48 Å². The van der Waals surface area contributed by atoms with Crippen LogP contribution in [0.5, 0.6) is 0 Å². The Morgan fingerprint density at radius 1 is 1.07 bits per heavy atom. The SMILES string of the molecule is COCCN1C[C@@H](NC(=O)Nc2c(C)c(-c3cnn(C)c3)nn2-c2ccccc2)[C@H](c2cccc(-c3cnoc3)c2)C1. The van der Waals surface area contributed by atoms with Crippen LogP contribution in [0.3, 0.4) is 0 Å². The molecule has 5 aromatic rings. The highest BCUT2D eigenvalue weighted by atomic mass is 16.5. The lowest BCUT2D eigenvalue weighted by atomic mass is 9.92. The summed E-state index contributed by atoms with van der Waals surface area (Å²) in [6.07, 6.45) is 7.04. The van der Waals surface area contributed by atoms with Gasteiger partial charge in [-0.15, -0.1) is 0 Å². The van der Waals surface area contributed by atoms with Gasteiger partial charge >= 0.3 is 6.03 Å². The van der Waals surface area contributed by atoms with Gasteiger partial charge in [-0.2, -0.15) is 10.2 Å². The number of benzene rings is 2. The standard InChI is InChI=1S/C31H34N8O3/c1-21-29(24-15-32-37(2)17-24)36-39(26-10-5-4-6-11-26)30(21)35-31(40)34-28-19-38(12-13-41-3)18-27(28)23-9-7-8-22(14-23)25-16-33-42-20-25/h4-11,14-17,20,27-28H,12-13,18-19H2,1-3H3,(H2,34,35,40)/t27-,28+/m0/s1. The van der Waals surface area contributed by atoms with Gasteiger partial charge in [0.05, 0.1) is 30.7 Å². The molecule has 2 N–H and O–H groups in total. The molecule has 0 aliphatic carbocycles. The molecule has 4 heterocycles. The average Bonchev–Trinajstić information content (AvgIpc) is 3.81. The fraction of sp³-hybridized carbons (Fsp3) is 0.290. The fourth-order valence-corrected chi connectivity index (χ4v) is 5.60. The van der Waals surface area contributed by atoms with Gasteiger partial charge in [0.1, 0.15) is 17.8 Å². The number of methoxy groups -OCH3 is 1. The molecular weight excluding hydrogens is 532 g/mol. The second kappa shape index (κ2) is 12.0. The Labute approximate surface area is 244 Å². The number of carbonyl (C=O) groups excluding carboxylic acids is 1. The lowest BCUT2D eigenvalue weighted by Gasteiger charge is -2.21. The number of aryl methyl sites for hydroxylation is 1. The quantitative estimate of drug-likeness (QED) is 0.271. The van der Waals surface area contributed by atoms with E-state index in [1.165, 1.54) is 0 Å². The Kier molecular flexibility index (Phi) is 7.85. The van der Waals surface area contributed by atoms with Crippen molar-refractivity contribution in [2.45, 2.75) is 18.9 Å². The molecule has 11 heteroatoms. The van der Waals surface area contributed by atoms with E-state index in [2.05, 4.69) is 37.9 Å². The predicted molar refractivity (Wildman–Crippen MR) is 159 cm³/mol. The van der Waals surface area contributed by atoms with Crippen molar-refractivity contribution < 1.29 is 14.1 Å². The zero-order chi connectivity index (χ0) is 29.1. The number of rotatable bonds is 9. The predicted octanol–water partition coefficient (Wildman–Crippen LogP) is 4.47. The highest BCUT2D eigenvalue weighted by molar-refractivity contribution is 5.91. The van der Waals surface area contributed by atoms with Crippen LogP contribution in [0.1, 0.15) is 17.0 Å². The number of nitrogens with zero attached hydrogens (tertiary/aromatic N) is 6. The zero-order valence-corrected chi connectivity index (χ0v) is 23.9. The van der Waals surface area contributed by atoms with Crippen LogP contribution in [-0.4, -0.2) is 75.0 Å². The van der Waals surface area contributed by atoms with Crippen LogP contribution < -0.4 is 10.6 Å². The van der Waals surface area contributed by atoms with E-state index in [0.717, 1.165) is 52.3 Å². The third kappa shape index (κ3) is 5.69. The summed E-state index contributed by atoms with van der Waals surface area (Å²) in [6.45, 7) is 4.88. The largest absolute Gasteiger partial charge is 0.383 e. The van der Waals surface area contributed by atoms with Crippen molar-refractivity contribution >= 4 is 11.8 Å². The molecule has 1 saturated heterocycles. The first-order chi connectivity index (χ1) is 20.5. The molecule has 6 rings (SSSR count). The van der Waals surface area contributed by atoms with E-state index in [-0.39, 0.29) is 18.0 Å². The minimum absolute atomic E-state index is 0.0819. The van der Waals surface area contributed by atoms with Crippen LogP contribution in [0, 0.1) is 6.92 Å². The summed E-state index contributed by atoms with van der Waals surface area (Å²) in [5.41, 5.74) is 6.43. The molecule has 42 heavy (non-hydrogen) atoms. The number of para-hydroxylation sites is 1. The Morgan fingerprint density at radius 3 is 2.67 bits per heavy atom. The Bertz CT molecular complexity index is 1640. The zero-order valence-electron chi connectivity index (χ0n) is 23.9. The number of likely N-dealkylation sites (tertiary alicyclic amines) is 1. The van der Waals surface area contributed by atoms with Crippen LogP contribution in [0.15, 0.2) is 84.0 Å². The number of hydrogen-bond donors (Lipinski definition) is 2. The smallest absolute Gasteiger partial charge is 0.320 e. The molecule has 1 fully saturated rings. The highest BCUT2D eigenvalue weighted by Crippen LogP contribution is 2.32. The Balaban J connectivity index is 1.27. The summed E-state index contributed by atoms with van der Waals surface area (Å²) >= 11 is 0. The molecule has 2 aromatic carbocycles. The molecule has 11 nitrogen and oxygen atoms in total. The minimum Gasteiger partial charge on any atom is -0.383 e. The van der Waals surface area contributed by atoms with Crippen LogP contribution in [0.25, 0.3) is 28.1 Å². The first-order valence-corrected chi connectivity index (χ1v) is 13.9. The average molecular weight is 567 g/mol. The maximum Gasteiger partial charge on any atom is 0.320 e. The Hall–Kier alpha value is -4.74. The van der Waals surface area contributed by atoms with Gasteiger partial charge in [-0.1, -0.05) is 47.6 Å². The van der Waals surface area contributed by atoms with Gasteiger partial charge in [0.25, 0.3) is 0 Å². The van der Waals surface area contributed by atoms with Gasteiger partial charge in [-0.3, -0.25) is 14.9 Å².